The molecular formula is C17H23N3O3S. The summed E-state index contributed by atoms with van der Waals surface area (Å²) >= 11 is 1.52. The van der Waals surface area contributed by atoms with E-state index < -0.39 is 23.6 Å². The normalized spacial score (nSPS) is 11.9. The smallest absolute Gasteiger partial charge is 0.408 e. The molecule has 0 aliphatic rings. The molecule has 1 aromatic rings. The van der Waals surface area contributed by atoms with Crippen LogP contribution < -0.4 is 10.6 Å². The number of ether oxygens (including phenoxy) is 1. The second kappa shape index (κ2) is 9.83. The molecule has 24 heavy (non-hydrogen) atoms. The van der Waals surface area contributed by atoms with E-state index in [1.54, 1.807) is 20.8 Å². The topological polar surface area (TPSA) is 91.2 Å². The van der Waals surface area contributed by atoms with Gasteiger partial charge in [0.1, 0.15) is 18.2 Å². The Morgan fingerprint density at radius 2 is 1.96 bits per heavy atom. The van der Waals surface area contributed by atoms with Gasteiger partial charge in [-0.1, -0.05) is 30.3 Å². The third-order valence-corrected chi connectivity index (χ3v) is 3.85. The largest absolute Gasteiger partial charge is 0.444 e. The summed E-state index contributed by atoms with van der Waals surface area (Å²) in [5.74, 6) is 0.701. The van der Waals surface area contributed by atoms with Gasteiger partial charge in [-0.25, -0.2) is 4.79 Å². The molecule has 1 unspecified atom stereocenters. The molecule has 0 bridgehead atoms. The van der Waals surface area contributed by atoms with Crippen molar-refractivity contribution in [2.24, 2.45) is 0 Å². The first-order chi connectivity index (χ1) is 11.3. The van der Waals surface area contributed by atoms with Crippen LogP contribution in [0.1, 0.15) is 26.3 Å². The van der Waals surface area contributed by atoms with Gasteiger partial charge < -0.3 is 15.4 Å². The van der Waals surface area contributed by atoms with Gasteiger partial charge in [0.25, 0.3) is 0 Å². The Morgan fingerprint density at radius 3 is 2.54 bits per heavy atom. The highest BCUT2D eigenvalue weighted by Crippen LogP contribution is 2.13. The Balaban J connectivity index is 2.58. The lowest BCUT2D eigenvalue weighted by Crippen LogP contribution is -2.49. The summed E-state index contributed by atoms with van der Waals surface area (Å²) < 4.78 is 5.18. The number of nitriles is 1. The quantitative estimate of drug-likeness (QED) is 0.738. The number of rotatable bonds is 7. The fourth-order valence-electron chi connectivity index (χ4n) is 1.75. The standard InChI is InChI=1S/C17H23N3O3S/c1-17(2,3)23-16(22)20-14(15(21)19-10-9-18)12-24-11-13-7-5-4-6-8-13/h4-8,14H,10-12H2,1-3H3,(H,19,21)(H,20,22). The molecular weight excluding hydrogens is 326 g/mol. The van der Waals surface area contributed by atoms with E-state index in [2.05, 4.69) is 10.6 Å². The minimum absolute atomic E-state index is 0.102. The first-order valence-corrected chi connectivity index (χ1v) is 8.73. The predicted molar refractivity (Wildman–Crippen MR) is 94.4 cm³/mol. The maximum atomic E-state index is 12.1. The van der Waals surface area contributed by atoms with Crippen LogP contribution in [0.2, 0.25) is 0 Å². The van der Waals surface area contributed by atoms with Crippen molar-refractivity contribution in [3.63, 3.8) is 0 Å². The third-order valence-electron chi connectivity index (χ3n) is 2.75. The average molecular weight is 349 g/mol. The molecule has 2 amide bonds. The molecule has 6 nitrogen and oxygen atoms in total. The summed E-state index contributed by atoms with van der Waals surface area (Å²) in [5, 5.41) is 13.6. The highest BCUT2D eigenvalue weighted by molar-refractivity contribution is 7.98. The molecule has 0 saturated carbocycles. The van der Waals surface area contributed by atoms with Crippen molar-refractivity contribution in [2.75, 3.05) is 12.3 Å². The van der Waals surface area contributed by atoms with Crippen molar-refractivity contribution >= 4 is 23.8 Å². The SMILES string of the molecule is CC(C)(C)OC(=O)NC(CSCc1ccccc1)C(=O)NCC#N. The molecule has 0 radical (unpaired) electrons. The van der Waals surface area contributed by atoms with E-state index >= 15 is 0 Å². The van der Waals surface area contributed by atoms with Crippen LogP contribution in [0.15, 0.2) is 30.3 Å². The molecule has 0 fully saturated rings. The monoisotopic (exact) mass is 349 g/mol. The molecule has 0 heterocycles. The van der Waals surface area contributed by atoms with Gasteiger partial charge in [-0.2, -0.15) is 17.0 Å². The van der Waals surface area contributed by atoms with Gasteiger partial charge in [-0.3, -0.25) is 4.79 Å². The zero-order valence-electron chi connectivity index (χ0n) is 14.2. The summed E-state index contributed by atoms with van der Waals surface area (Å²) in [6.07, 6.45) is -0.653. The predicted octanol–water partition coefficient (Wildman–Crippen LogP) is 2.45. The van der Waals surface area contributed by atoms with Crippen LogP contribution in [0.5, 0.6) is 0 Å². The molecule has 1 aromatic carbocycles. The number of benzene rings is 1. The Hall–Kier alpha value is -2.20. The van der Waals surface area contributed by atoms with E-state index in [1.165, 1.54) is 11.8 Å². The molecule has 0 aromatic heterocycles. The van der Waals surface area contributed by atoms with Crippen LogP contribution >= 0.6 is 11.8 Å². The third kappa shape index (κ3) is 8.44. The van der Waals surface area contributed by atoms with Crippen LogP contribution in [0.4, 0.5) is 4.79 Å². The zero-order valence-corrected chi connectivity index (χ0v) is 15.0. The Labute approximate surface area is 146 Å². The van der Waals surface area contributed by atoms with Gasteiger partial charge in [-0.15, -0.1) is 0 Å². The van der Waals surface area contributed by atoms with Crippen molar-refractivity contribution in [1.29, 1.82) is 5.26 Å². The summed E-state index contributed by atoms with van der Waals surface area (Å²) in [6, 6.07) is 10.9. The number of nitrogens with one attached hydrogen (secondary N) is 2. The van der Waals surface area contributed by atoms with Gasteiger partial charge >= 0.3 is 6.09 Å². The molecule has 7 heteroatoms. The maximum absolute atomic E-state index is 12.1. The van der Waals surface area contributed by atoms with Crippen LogP contribution in [0.25, 0.3) is 0 Å². The summed E-state index contributed by atoms with van der Waals surface area (Å²) in [4.78, 5) is 24.0. The number of carbonyl (C=O) groups excluding carboxylic acids is 2. The van der Waals surface area contributed by atoms with E-state index in [9.17, 15) is 9.59 Å². The lowest BCUT2D eigenvalue weighted by Gasteiger charge is -2.23. The molecule has 0 saturated heterocycles. The Morgan fingerprint density at radius 1 is 1.29 bits per heavy atom. The lowest BCUT2D eigenvalue weighted by atomic mass is 10.2. The van der Waals surface area contributed by atoms with E-state index in [0.29, 0.717) is 5.75 Å². The first-order valence-electron chi connectivity index (χ1n) is 7.57. The summed E-state index contributed by atoms with van der Waals surface area (Å²) in [7, 11) is 0. The second-order valence-electron chi connectivity index (χ2n) is 6.08. The maximum Gasteiger partial charge on any atom is 0.408 e. The van der Waals surface area contributed by atoms with Gasteiger partial charge in [0, 0.05) is 11.5 Å². The molecule has 1 atom stereocenters. The lowest BCUT2D eigenvalue weighted by molar-refractivity contribution is -0.122. The molecule has 2 N–H and O–H groups in total. The van der Waals surface area contributed by atoms with Crippen LogP contribution in [0, 0.1) is 11.3 Å². The van der Waals surface area contributed by atoms with Crippen LogP contribution in [-0.2, 0) is 15.3 Å². The number of amides is 2. The molecule has 130 valence electrons. The summed E-state index contributed by atoms with van der Waals surface area (Å²) in [6.45, 7) is 5.15. The van der Waals surface area contributed by atoms with Crippen LogP contribution in [-0.4, -0.2) is 35.9 Å². The van der Waals surface area contributed by atoms with E-state index in [0.717, 1.165) is 11.3 Å². The fourth-order valence-corrected chi connectivity index (χ4v) is 2.77. The van der Waals surface area contributed by atoms with E-state index in [1.807, 2.05) is 36.4 Å². The Bertz CT molecular complexity index is 579. The highest BCUT2D eigenvalue weighted by Gasteiger charge is 2.24. The van der Waals surface area contributed by atoms with Gasteiger partial charge in [0.05, 0.1) is 6.07 Å². The molecule has 0 aliphatic carbocycles. The minimum atomic E-state index is -0.762. The number of hydrogen-bond donors (Lipinski definition) is 2. The molecule has 0 aliphatic heterocycles. The van der Waals surface area contributed by atoms with Crippen molar-refractivity contribution < 1.29 is 14.3 Å². The number of carbonyl (C=O) groups is 2. The van der Waals surface area contributed by atoms with Crippen molar-refractivity contribution in [2.45, 2.75) is 38.2 Å². The van der Waals surface area contributed by atoms with Crippen molar-refractivity contribution in [3.8, 4) is 6.07 Å². The number of thioether (sulfide) groups is 1. The molecule has 0 spiro atoms. The number of hydrogen-bond acceptors (Lipinski definition) is 5. The summed E-state index contributed by atoms with van der Waals surface area (Å²) in [5.41, 5.74) is 0.491. The minimum Gasteiger partial charge on any atom is -0.444 e. The van der Waals surface area contributed by atoms with E-state index in [4.69, 9.17) is 10.00 Å². The Kier molecular flexibility index (Phi) is 8.13. The number of alkyl carbamates (subject to hydrolysis) is 1. The highest BCUT2D eigenvalue weighted by atomic mass is 32.2. The first kappa shape index (κ1) is 19.8. The average Bonchev–Trinajstić information content (AvgIpc) is 2.51. The zero-order chi connectivity index (χ0) is 18.0. The van der Waals surface area contributed by atoms with Crippen molar-refractivity contribution in [3.05, 3.63) is 35.9 Å². The second-order valence-corrected chi connectivity index (χ2v) is 7.11. The van der Waals surface area contributed by atoms with Gasteiger partial charge in [0.15, 0.2) is 0 Å². The van der Waals surface area contributed by atoms with Crippen molar-refractivity contribution in [1.82, 2.24) is 10.6 Å². The number of nitrogens with zero attached hydrogens (tertiary/aromatic N) is 1. The molecule has 1 rings (SSSR count). The van der Waals surface area contributed by atoms with Crippen LogP contribution in [0.3, 0.4) is 0 Å². The van der Waals surface area contributed by atoms with Gasteiger partial charge in [0.2, 0.25) is 5.91 Å². The van der Waals surface area contributed by atoms with E-state index in [-0.39, 0.29) is 6.54 Å². The van der Waals surface area contributed by atoms with Gasteiger partial charge in [-0.05, 0) is 26.3 Å². The fraction of sp³-hybridized carbons (Fsp3) is 0.471.